The Morgan fingerprint density at radius 2 is 2.13 bits per heavy atom. The van der Waals surface area contributed by atoms with Gasteiger partial charge in [-0.1, -0.05) is 0 Å². The summed E-state index contributed by atoms with van der Waals surface area (Å²) < 4.78 is 0. The zero-order valence-electron chi connectivity index (χ0n) is 8.11. The van der Waals surface area contributed by atoms with Crippen LogP contribution in [0.2, 0.25) is 0 Å². The zero-order valence-corrected chi connectivity index (χ0v) is 8.11. The lowest BCUT2D eigenvalue weighted by molar-refractivity contribution is -0.119. The minimum atomic E-state index is -0.746. The molecule has 0 aliphatic heterocycles. The average Bonchev–Trinajstić information content (AvgIpc) is 2.18. The van der Waals surface area contributed by atoms with Crippen molar-refractivity contribution in [3.63, 3.8) is 0 Å². The summed E-state index contributed by atoms with van der Waals surface area (Å²) in [6, 6.07) is 1.84. The van der Waals surface area contributed by atoms with Gasteiger partial charge in [0.25, 0.3) is 5.91 Å². The van der Waals surface area contributed by atoms with Crippen LogP contribution in [0.15, 0.2) is 23.1 Å². The van der Waals surface area contributed by atoms with Gasteiger partial charge in [-0.3, -0.25) is 14.4 Å². The number of carbonyl (C=O) groups is 2. The van der Waals surface area contributed by atoms with Crippen molar-refractivity contribution in [1.29, 1.82) is 0 Å². The molecular formula is C9H11N3O3. The van der Waals surface area contributed by atoms with Crippen molar-refractivity contribution in [3.8, 4) is 0 Å². The van der Waals surface area contributed by atoms with Crippen molar-refractivity contribution in [3.05, 3.63) is 34.2 Å². The molecule has 4 N–H and O–H groups in total. The summed E-state index contributed by atoms with van der Waals surface area (Å²) in [5, 5.41) is 2.38. The number of H-pyrrole nitrogens is 1. The standard InChI is InChI=1S/C9H11N3O3/c1-5(8(10)14)12-9(15)6-2-3-7(13)11-4-6/h2-5H,1H3,(H2,10,14)(H,11,13)(H,12,15). The molecule has 0 radical (unpaired) electrons. The summed E-state index contributed by atoms with van der Waals surface area (Å²) >= 11 is 0. The van der Waals surface area contributed by atoms with E-state index < -0.39 is 17.9 Å². The Morgan fingerprint density at radius 3 is 2.60 bits per heavy atom. The molecular weight excluding hydrogens is 198 g/mol. The third-order valence-electron chi connectivity index (χ3n) is 1.82. The van der Waals surface area contributed by atoms with Crippen molar-refractivity contribution >= 4 is 11.8 Å². The first-order chi connectivity index (χ1) is 7.00. The van der Waals surface area contributed by atoms with Crippen molar-refractivity contribution < 1.29 is 9.59 Å². The lowest BCUT2D eigenvalue weighted by Crippen LogP contribution is -2.42. The fourth-order valence-corrected chi connectivity index (χ4v) is 0.903. The number of primary amides is 1. The van der Waals surface area contributed by atoms with E-state index in [1.54, 1.807) is 0 Å². The van der Waals surface area contributed by atoms with E-state index in [0.29, 0.717) is 0 Å². The van der Waals surface area contributed by atoms with Crippen LogP contribution in [0.1, 0.15) is 17.3 Å². The first-order valence-electron chi connectivity index (χ1n) is 4.29. The molecule has 0 spiro atoms. The van der Waals surface area contributed by atoms with Gasteiger partial charge >= 0.3 is 0 Å². The first-order valence-corrected chi connectivity index (χ1v) is 4.29. The van der Waals surface area contributed by atoms with Crippen molar-refractivity contribution in [2.45, 2.75) is 13.0 Å². The average molecular weight is 209 g/mol. The number of hydrogen-bond acceptors (Lipinski definition) is 3. The summed E-state index contributed by atoms with van der Waals surface area (Å²) in [6.45, 7) is 1.48. The summed E-state index contributed by atoms with van der Waals surface area (Å²) in [5.74, 6) is -1.08. The number of nitrogens with one attached hydrogen (secondary N) is 2. The second-order valence-electron chi connectivity index (χ2n) is 3.04. The maximum Gasteiger partial charge on any atom is 0.253 e. The van der Waals surface area contributed by atoms with Crippen molar-refractivity contribution in [1.82, 2.24) is 10.3 Å². The van der Waals surface area contributed by atoms with Crippen LogP contribution < -0.4 is 16.6 Å². The molecule has 2 amide bonds. The minimum Gasteiger partial charge on any atom is -0.368 e. The highest BCUT2D eigenvalue weighted by molar-refractivity contribution is 5.96. The highest BCUT2D eigenvalue weighted by Gasteiger charge is 2.13. The van der Waals surface area contributed by atoms with Crippen LogP contribution in [0.5, 0.6) is 0 Å². The number of carbonyl (C=O) groups excluding carboxylic acids is 2. The van der Waals surface area contributed by atoms with Crippen LogP contribution in [0, 0.1) is 0 Å². The summed E-state index contributed by atoms with van der Waals surface area (Å²) in [4.78, 5) is 35.2. The van der Waals surface area contributed by atoms with Crippen molar-refractivity contribution in [2.75, 3.05) is 0 Å². The molecule has 0 saturated heterocycles. The topological polar surface area (TPSA) is 105 Å². The van der Waals surface area contributed by atoms with Gasteiger partial charge in [-0.15, -0.1) is 0 Å². The monoisotopic (exact) mass is 209 g/mol. The smallest absolute Gasteiger partial charge is 0.253 e. The Balaban J connectivity index is 2.73. The van der Waals surface area contributed by atoms with E-state index in [1.165, 1.54) is 25.3 Å². The minimum absolute atomic E-state index is 0.266. The van der Waals surface area contributed by atoms with Gasteiger partial charge < -0.3 is 16.0 Å². The maximum absolute atomic E-state index is 11.4. The molecule has 1 rings (SSSR count). The summed E-state index contributed by atoms with van der Waals surface area (Å²) in [6.07, 6.45) is 1.27. The predicted octanol–water partition coefficient (Wildman–Crippen LogP) is -1.02. The van der Waals surface area contributed by atoms with Gasteiger partial charge in [0.15, 0.2) is 0 Å². The largest absolute Gasteiger partial charge is 0.368 e. The lowest BCUT2D eigenvalue weighted by atomic mass is 10.2. The Hall–Kier alpha value is -2.11. The van der Waals surface area contributed by atoms with E-state index in [1.807, 2.05) is 0 Å². The van der Waals surface area contributed by atoms with Crippen molar-refractivity contribution in [2.24, 2.45) is 5.73 Å². The maximum atomic E-state index is 11.4. The van der Waals surface area contributed by atoms with E-state index in [4.69, 9.17) is 5.73 Å². The van der Waals surface area contributed by atoms with E-state index in [0.717, 1.165) is 0 Å². The van der Waals surface area contributed by atoms with Crippen LogP contribution in [-0.4, -0.2) is 22.8 Å². The van der Waals surface area contributed by atoms with E-state index in [-0.39, 0.29) is 11.1 Å². The van der Waals surface area contributed by atoms with Gasteiger partial charge in [-0.05, 0) is 13.0 Å². The molecule has 0 fully saturated rings. The van der Waals surface area contributed by atoms with Gasteiger partial charge in [0.1, 0.15) is 6.04 Å². The van der Waals surface area contributed by atoms with Gasteiger partial charge in [-0.25, -0.2) is 0 Å². The van der Waals surface area contributed by atoms with Gasteiger partial charge in [-0.2, -0.15) is 0 Å². The number of aromatic amines is 1. The molecule has 6 heteroatoms. The molecule has 6 nitrogen and oxygen atoms in total. The molecule has 1 atom stereocenters. The van der Waals surface area contributed by atoms with Gasteiger partial charge in [0, 0.05) is 12.3 Å². The first kappa shape index (κ1) is 11.0. The highest BCUT2D eigenvalue weighted by Crippen LogP contribution is 1.93. The van der Waals surface area contributed by atoms with Crippen LogP contribution >= 0.6 is 0 Å². The quantitative estimate of drug-likeness (QED) is 0.593. The SMILES string of the molecule is CC(NC(=O)c1ccc(=O)[nH]c1)C(N)=O. The number of aromatic nitrogens is 1. The number of hydrogen-bond donors (Lipinski definition) is 3. The molecule has 1 aromatic heterocycles. The second-order valence-corrected chi connectivity index (χ2v) is 3.04. The molecule has 0 aromatic carbocycles. The Bertz CT molecular complexity index is 418. The third kappa shape index (κ3) is 2.94. The van der Waals surface area contributed by atoms with Crippen LogP contribution in [-0.2, 0) is 4.79 Å². The normalized spacial score (nSPS) is 11.8. The molecule has 1 aromatic rings. The molecule has 1 heterocycles. The Labute approximate surface area is 85.5 Å². The zero-order chi connectivity index (χ0) is 11.4. The predicted molar refractivity (Wildman–Crippen MR) is 53.2 cm³/mol. The molecule has 0 saturated carbocycles. The van der Waals surface area contributed by atoms with Crippen LogP contribution in [0.4, 0.5) is 0 Å². The Kier molecular flexibility index (Phi) is 3.22. The number of rotatable bonds is 3. The Morgan fingerprint density at radius 1 is 1.47 bits per heavy atom. The second kappa shape index (κ2) is 4.41. The highest BCUT2D eigenvalue weighted by atomic mass is 16.2. The fourth-order valence-electron chi connectivity index (χ4n) is 0.903. The number of pyridine rings is 1. The molecule has 0 bridgehead atoms. The van der Waals surface area contributed by atoms with Gasteiger partial charge in [0.05, 0.1) is 5.56 Å². The molecule has 1 unspecified atom stereocenters. The third-order valence-corrected chi connectivity index (χ3v) is 1.82. The molecule has 80 valence electrons. The lowest BCUT2D eigenvalue weighted by Gasteiger charge is -2.09. The van der Waals surface area contributed by atoms with E-state index in [2.05, 4.69) is 10.3 Å². The molecule has 0 aliphatic rings. The molecule has 15 heavy (non-hydrogen) atoms. The summed E-state index contributed by atoms with van der Waals surface area (Å²) in [5.41, 5.74) is 4.94. The van der Waals surface area contributed by atoms with Crippen LogP contribution in [0.25, 0.3) is 0 Å². The van der Waals surface area contributed by atoms with E-state index >= 15 is 0 Å². The molecule has 0 aliphatic carbocycles. The van der Waals surface area contributed by atoms with Gasteiger partial charge in [0.2, 0.25) is 11.5 Å². The number of nitrogens with two attached hydrogens (primary N) is 1. The number of amides is 2. The fraction of sp³-hybridized carbons (Fsp3) is 0.222. The summed E-state index contributed by atoms with van der Waals surface area (Å²) in [7, 11) is 0. The van der Waals surface area contributed by atoms with Crippen LogP contribution in [0.3, 0.4) is 0 Å². The van der Waals surface area contributed by atoms with E-state index in [9.17, 15) is 14.4 Å².